The summed E-state index contributed by atoms with van der Waals surface area (Å²) in [6.07, 6.45) is 0. The van der Waals surface area contributed by atoms with E-state index in [2.05, 4.69) is 5.32 Å². The van der Waals surface area contributed by atoms with Gasteiger partial charge in [-0.2, -0.15) is 4.31 Å². The molecule has 29 heavy (non-hydrogen) atoms. The standard InChI is InChI=1S/C23H24N2O3S/c1-18(21-12-9-13-22(16-21)24-19(2)26)25(17-20-10-5-3-6-11-20)29(27,28)23-14-7-4-8-15-23/h3-16,18H,17H2,1-2H3,(H,24,26). The highest BCUT2D eigenvalue weighted by Crippen LogP contribution is 2.30. The van der Waals surface area contributed by atoms with Gasteiger partial charge in [0.1, 0.15) is 0 Å². The maximum absolute atomic E-state index is 13.5. The number of benzene rings is 3. The van der Waals surface area contributed by atoms with Gasteiger partial charge in [0.2, 0.25) is 15.9 Å². The topological polar surface area (TPSA) is 66.5 Å². The Balaban J connectivity index is 2.02. The highest BCUT2D eigenvalue weighted by molar-refractivity contribution is 7.89. The van der Waals surface area contributed by atoms with Gasteiger partial charge in [0.25, 0.3) is 0 Å². The molecule has 3 aromatic carbocycles. The molecule has 0 saturated carbocycles. The summed E-state index contributed by atoms with van der Waals surface area (Å²) in [6.45, 7) is 3.54. The van der Waals surface area contributed by atoms with Gasteiger partial charge in [-0.25, -0.2) is 8.42 Å². The first-order valence-electron chi connectivity index (χ1n) is 9.36. The quantitative estimate of drug-likeness (QED) is 0.621. The molecule has 6 heteroatoms. The number of carbonyl (C=O) groups excluding carboxylic acids is 1. The molecule has 1 N–H and O–H groups in total. The van der Waals surface area contributed by atoms with Gasteiger partial charge in [-0.1, -0.05) is 60.7 Å². The lowest BCUT2D eigenvalue weighted by Crippen LogP contribution is -2.33. The van der Waals surface area contributed by atoms with Crippen LogP contribution in [0.5, 0.6) is 0 Å². The van der Waals surface area contributed by atoms with E-state index in [1.165, 1.54) is 11.2 Å². The highest BCUT2D eigenvalue weighted by atomic mass is 32.2. The second kappa shape index (κ2) is 9.03. The zero-order valence-electron chi connectivity index (χ0n) is 16.4. The third-order valence-electron chi connectivity index (χ3n) is 4.65. The largest absolute Gasteiger partial charge is 0.326 e. The Morgan fingerprint density at radius 1 is 0.931 bits per heavy atom. The molecule has 0 heterocycles. The number of sulfonamides is 1. The van der Waals surface area contributed by atoms with E-state index in [-0.39, 0.29) is 17.3 Å². The molecule has 150 valence electrons. The van der Waals surface area contributed by atoms with E-state index in [0.29, 0.717) is 5.69 Å². The lowest BCUT2D eigenvalue weighted by atomic mass is 10.1. The van der Waals surface area contributed by atoms with Crippen LogP contribution in [0.15, 0.2) is 89.8 Å². The number of hydrogen-bond donors (Lipinski definition) is 1. The lowest BCUT2D eigenvalue weighted by molar-refractivity contribution is -0.114. The molecule has 0 aliphatic carbocycles. The Bertz CT molecular complexity index is 1070. The van der Waals surface area contributed by atoms with E-state index in [0.717, 1.165) is 11.1 Å². The second-order valence-electron chi connectivity index (χ2n) is 6.83. The fourth-order valence-corrected chi connectivity index (χ4v) is 4.80. The molecule has 0 saturated heterocycles. The smallest absolute Gasteiger partial charge is 0.243 e. The van der Waals surface area contributed by atoms with Gasteiger partial charge in [-0.3, -0.25) is 4.79 Å². The van der Waals surface area contributed by atoms with Crippen LogP contribution >= 0.6 is 0 Å². The van der Waals surface area contributed by atoms with Gasteiger partial charge in [-0.15, -0.1) is 0 Å². The molecule has 1 atom stereocenters. The molecule has 5 nitrogen and oxygen atoms in total. The molecule has 0 aliphatic heterocycles. The van der Waals surface area contributed by atoms with Crippen LogP contribution in [0.2, 0.25) is 0 Å². The molecule has 3 rings (SSSR count). The number of carbonyl (C=O) groups is 1. The van der Waals surface area contributed by atoms with Gasteiger partial charge >= 0.3 is 0 Å². The first-order valence-corrected chi connectivity index (χ1v) is 10.8. The number of amides is 1. The minimum Gasteiger partial charge on any atom is -0.326 e. The van der Waals surface area contributed by atoms with Gasteiger partial charge in [-0.05, 0) is 42.3 Å². The van der Waals surface area contributed by atoms with Crippen LogP contribution in [0.3, 0.4) is 0 Å². The summed E-state index contributed by atoms with van der Waals surface area (Å²) in [6, 6.07) is 24.8. The average Bonchev–Trinajstić information content (AvgIpc) is 2.72. The molecular formula is C23H24N2O3S. The van der Waals surface area contributed by atoms with E-state index < -0.39 is 16.1 Å². The summed E-state index contributed by atoms with van der Waals surface area (Å²) < 4.78 is 28.4. The molecule has 0 radical (unpaired) electrons. The van der Waals surface area contributed by atoms with Crippen LogP contribution < -0.4 is 5.32 Å². The minimum absolute atomic E-state index is 0.173. The van der Waals surface area contributed by atoms with Crippen molar-refractivity contribution in [3.05, 3.63) is 96.1 Å². The van der Waals surface area contributed by atoms with Crippen LogP contribution in [0.1, 0.15) is 31.0 Å². The lowest BCUT2D eigenvalue weighted by Gasteiger charge is -2.29. The number of nitrogens with zero attached hydrogens (tertiary/aromatic N) is 1. The third-order valence-corrected chi connectivity index (χ3v) is 6.58. The Kier molecular flexibility index (Phi) is 6.46. The predicted octanol–water partition coefficient (Wildman–Crippen LogP) is 4.60. The molecule has 0 spiro atoms. The summed E-state index contributed by atoms with van der Waals surface area (Å²) in [5.74, 6) is -0.173. The van der Waals surface area contributed by atoms with Gasteiger partial charge < -0.3 is 5.32 Å². The molecule has 0 aliphatic rings. The molecule has 1 unspecified atom stereocenters. The molecule has 0 bridgehead atoms. The van der Waals surface area contributed by atoms with E-state index >= 15 is 0 Å². The molecule has 0 aromatic heterocycles. The van der Waals surface area contributed by atoms with Gasteiger partial charge in [0.05, 0.1) is 4.90 Å². The van der Waals surface area contributed by atoms with Crippen molar-refractivity contribution in [2.24, 2.45) is 0 Å². The van der Waals surface area contributed by atoms with Crippen molar-refractivity contribution in [3.63, 3.8) is 0 Å². The predicted molar refractivity (Wildman–Crippen MR) is 115 cm³/mol. The van der Waals surface area contributed by atoms with Crippen LogP contribution in [0.25, 0.3) is 0 Å². The van der Waals surface area contributed by atoms with Crippen LogP contribution in [0.4, 0.5) is 5.69 Å². The fraction of sp³-hybridized carbons (Fsp3) is 0.174. The summed E-state index contributed by atoms with van der Waals surface area (Å²) in [4.78, 5) is 11.6. The number of anilines is 1. The SMILES string of the molecule is CC(=O)Nc1cccc(C(C)N(Cc2ccccc2)S(=O)(=O)c2ccccc2)c1. The monoisotopic (exact) mass is 408 g/mol. The van der Waals surface area contributed by atoms with Crippen LogP contribution in [-0.2, 0) is 21.4 Å². The van der Waals surface area contributed by atoms with Gasteiger partial charge in [0.15, 0.2) is 0 Å². The van der Waals surface area contributed by atoms with Crippen molar-refractivity contribution in [3.8, 4) is 0 Å². The summed E-state index contributed by atoms with van der Waals surface area (Å²) in [5.41, 5.74) is 2.34. The van der Waals surface area contributed by atoms with Crippen LogP contribution in [-0.4, -0.2) is 18.6 Å². The van der Waals surface area contributed by atoms with E-state index in [1.807, 2.05) is 55.5 Å². The van der Waals surface area contributed by atoms with Crippen molar-refractivity contribution in [2.45, 2.75) is 31.3 Å². The maximum atomic E-state index is 13.5. The molecule has 1 amide bonds. The highest BCUT2D eigenvalue weighted by Gasteiger charge is 2.30. The Morgan fingerprint density at radius 3 is 2.17 bits per heavy atom. The van der Waals surface area contributed by atoms with Crippen molar-refractivity contribution >= 4 is 21.6 Å². The van der Waals surface area contributed by atoms with Crippen molar-refractivity contribution in [1.82, 2.24) is 4.31 Å². The number of nitrogens with one attached hydrogen (secondary N) is 1. The zero-order valence-corrected chi connectivity index (χ0v) is 17.3. The minimum atomic E-state index is -3.74. The average molecular weight is 409 g/mol. The Morgan fingerprint density at radius 2 is 1.55 bits per heavy atom. The molecule has 0 fully saturated rings. The fourth-order valence-electron chi connectivity index (χ4n) is 3.17. The Hall–Kier alpha value is -2.96. The van der Waals surface area contributed by atoms with Crippen molar-refractivity contribution in [1.29, 1.82) is 0 Å². The zero-order chi connectivity index (χ0) is 20.9. The van der Waals surface area contributed by atoms with E-state index in [1.54, 1.807) is 36.4 Å². The molecule has 3 aromatic rings. The number of hydrogen-bond acceptors (Lipinski definition) is 3. The first-order chi connectivity index (χ1) is 13.9. The van der Waals surface area contributed by atoms with Crippen molar-refractivity contribution in [2.75, 3.05) is 5.32 Å². The summed E-state index contributed by atoms with van der Waals surface area (Å²) in [7, 11) is -3.74. The van der Waals surface area contributed by atoms with E-state index in [4.69, 9.17) is 0 Å². The third kappa shape index (κ3) is 5.10. The summed E-state index contributed by atoms with van der Waals surface area (Å²) >= 11 is 0. The van der Waals surface area contributed by atoms with Gasteiger partial charge in [0, 0.05) is 25.2 Å². The van der Waals surface area contributed by atoms with E-state index in [9.17, 15) is 13.2 Å². The second-order valence-corrected chi connectivity index (χ2v) is 8.72. The van der Waals surface area contributed by atoms with Crippen LogP contribution in [0, 0.1) is 0 Å². The Labute approximate surface area is 172 Å². The molecular weight excluding hydrogens is 384 g/mol. The first kappa shape index (κ1) is 20.8. The summed E-state index contributed by atoms with van der Waals surface area (Å²) in [5, 5.41) is 2.75. The number of rotatable bonds is 7. The normalized spacial score (nSPS) is 12.5. The maximum Gasteiger partial charge on any atom is 0.243 e. The van der Waals surface area contributed by atoms with Crippen molar-refractivity contribution < 1.29 is 13.2 Å².